The number of H-pyrrole nitrogens is 1. The van der Waals surface area contributed by atoms with E-state index in [2.05, 4.69) is 15.3 Å². The van der Waals surface area contributed by atoms with E-state index in [1.165, 1.54) is 12.1 Å². The molecule has 0 bridgehead atoms. The lowest BCUT2D eigenvalue weighted by Gasteiger charge is -2.15. The monoisotopic (exact) mass is 315 g/mol. The van der Waals surface area contributed by atoms with E-state index in [4.69, 9.17) is 0 Å². The van der Waals surface area contributed by atoms with Crippen molar-refractivity contribution in [1.29, 1.82) is 0 Å². The fourth-order valence-electron chi connectivity index (χ4n) is 2.43. The van der Waals surface area contributed by atoms with Crippen LogP contribution in [0, 0.1) is 11.6 Å². The normalized spacial score (nSPS) is 12.5. The number of halogens is 2. The minimum atomic E-state index is -0.612. The second kappa shape index (κ2) is 6.26. The molecule has 0 aliphatic rings. The van der Waals surface area contributed by atoms with Gasteiger partial charge >= 0.3 is 0 Å². The lowest BCUT2D eigenvalue weighted by molar-refractivity contribution is 0.511. The first-order valence-corrected chi connectivity index (χ1v) is 7.21. The van der Waals surface area contributed by atoms with Crippen molar-refractivity contribution in [2.24, 2.45) is 0 Å². The maximum atomic E-state index is 13.7. The van der Waals surface area contributed by atoms with Gasteiger partial charge in [-0.3, -0.25) is 4.79 Å². The van der Waals surface area contributed by atoms with E-state index in [9.17, 15) is 13.6 Å². The van der Waals surface area contributed by atoms with Crippen LogP contribution in [0.2, 0.25) is 0 Å². The smallest absolute Gasteiger partial charge is 0.258 e. The van der Waals surface area contributed by atoms with Crippen molar-refractivity contribution in [3.05, 3.63) is 75.8 Å². The molecular formula is C17H15F2N3O. The molecule has 0 amide bonds. The van der Waals surface area contributed by atoms with Crippen LogP contribution in [0.15, 0.2) is 47.3 Å². The second-order valence-electron chi connectivity index (χ2n) is 5.30. The van der Waals surface area contributed by atoms with Crippen molar-refractivity contribution >= 4 is 10.9 Å². The van der Waals surface area contributed by atoms with Gasteiger partial charge in [0.25, 0.3) is 5.56 Å². The van der Waals surface area contributed by atoms with Crippen LogP contribution in [0.3, 0.4) is 0 Å². The van der Waals surface area contributed by atoms with Crippen LogP contribution >= 0.6 is 0 Å². The highest BCUT2D eigenvalue weighted by Gasteiger charge is 2.12. The van der Waals surface area contributed by atoms with Crippen LogP contribution in [0.4, 0.5) is 8.78 Å². The van der Waals surface area contributed by atoms with Gasteiger partial charge in [-0.15, -0.1) is 0 Å². The summed E-state index contributed by atoms with van der Waals surface area (Å²) in [5, 5.41) is 3.59. The molecule has 0 aliphatic heterocycles. The number of nitrogens with one attached hydrogen (secondary N) is 2. The molecule has 2 N–H and O–H groups in total. The SMILES string of the molecule is C[C@H](NCc1nc2ccccc2c(=O)[nH]1)c1ccc(F)cc1F. The molecule has 0 fully saturated rings. The summed E-state index contributed by atoms with van der Waals surface area (Å²) in [4.78, 5) is 19.0. The number of para-hydroxylation sites is 1. The molecular weight excluding hydrogens is 300 g/mol. The van der Waals surface area contributed by atoms with E-state index < -0.39 is 11.6 Å². The van der Waals surface area contributed by atoms with Crippen LogP contribution in [0.1, 0.15) is 24.4 Å². The first-order valence-electron chi connectivity index (χ1n) is 7.21. The Morgan fingerprint density at radius 1 is 1.22 bits per heavy atom. The zero-order valence-electron chi connectivity index (χ0n) is 12.4. The lowest BCUT2D eigenvalue weighted by atomic mass is 10.1. The third-order valence-corrected chi connectivity index (χ3v) is 3.67. The highest BCUT2D eigenvalue weighted by Crippen LogP contribution is 2.18. The summed E-state index contributed by atoms with van der Waals surface area (Å²) in [6.45, 7) is 2.02. The van der Waals surface area contributed by atoms with Crippen molar-refractivity contribution in [3.8, 4) is 0 Å². The van der Waals surface area contributed by atoms with Crippen molar-refractivity contribution in [3.63, 3.8) is 0 Å². The Morgan fingerprint density at radius 2 is 2.00 bits per heavy atom. The van der Waals surface area contributed by atoms with Crippen LogP contribution in [0.5, 0.6) is 0 Å². The standard InChI is InChI=1S/C17H15F2N3O/c1-10(12-7-6-11(18)8-14(12)19)20-9-16-21-15-5-3-2-4-13(15)17(23)22-16/h2-8,10,20H,9H2,1H3,(H,21,22,23)/t10-/m0/s1. The zero-order chi connectivity index (χ0) is 16.4. The largest absolute Gasteiger partial charge is 0.309 e. The van der Waals surface area contributed by atoms with Crippen molar-refractivity contribution in [2.75, 3.05) is 0 Å². The number of benzene rings is 2. The van der Waals surface area contributed by atoms with Gasteiger partial charge < -0.3 is 10.3 Å². The molecule has 0 spiro atoms. The molecule has 3 rings (SSSR count). The fourth-order valence-corrected chi connectivity index (χ4v) is 2.43. The molecule has 23 heavy (non-hydrogen) atoms. The fraction of sp³-hybridized carbons (Fsp3) is 0.176. The molecule has 1 aromatic heterocycles. The number of rotatable bonds is 4. The van der Waals surface area contributed by atoms with Crippen LogP contribution in [-0.4, -0.2) is 9.97 Å². The van der Waals surface area contributed by atoms with Crippen molar-refractivity contribution in [1.82, 2.24) is 15.3 Å². The Balaban J connectivity index is 1.79. The number of hydrogen-bond acceptors (Lipinski definition) is 3. The van der Waals surface area contributed by atoms with Gasteiger partial charge in [-0.25, -0.2) is 13.8 Å². The summed E-state index contributed by atoms with van der Waals surface area (Å²) >= 11 is 0. The highest BCUT2D eigenvalue weighted by molar-refractivity contribution is 5.77. The molecule has 1 heterocycles. The third kappa shape index (κ3) is 3.27. The first kappa shape index (κ1) is 15.3. The molecule has 3 aromatic rings. The van der Waals surface area contributed by atoms with Gasteiger partial charge in [0.05, 0.1) is 17.4 Å². The molecule has 118 valence electrons. The summed E-state index contributed by atoms with van der Waals surface area (Å²) in [6, 6.07) is 10.2. The van der Waals surface area contributed by atoms with Crippen molar-refractivity contribution in [2.45, 2.75) is 19.5 Å². The van der Waals surface area contributed by atoms with Gasteiger partial charge in [-0.1, -0.05) is 18.2 Å². The molecule has 4 nitrogen and oxygen atoms in total. The van der Waals surface area contributed by atoms with Crippen LogP contribution in [-0.2, 0) is 6.54 Å². The Morgan fingerprint density at radius 3 is 2.78 bits per heavy atom. The van der Waals surface area contributed by atoms with Gasteiger partial charge in [0.1, 0.15) is 17.5 Å². The minimum absolute atomic E-state index is 0.215. The minimum Gasteiger partial charge on any atom is -0.309 e. The highest BCUT2D eigenvalue weighted by atomic mass is 19.1. The summed E-state index contributed by atoms with van der Waals surface area (Å²) < 4.78 is 26.7. The summed E-state index contributed by atoms with van der Waals surface area (Å²) in [5.41, 5.74) is 0.746. The molecule has 1 atom stereocenters. The van der Waals surface area contributed by atoms with E-state index in [0.29, 0.717) is 22.3 Å². The predicted octanol–water partition coefficient (Wildman–Crippen LogP) is 3.05. The predicted molar refractivity (Wildman–Crippen MR) is 84.0 cm³/mol. The Bertz CT molecular complexity index is 908. The molecule has 6 heteroatoms. The number of fused-ring (bicyclic) bond motifs is 1. The number of aromatic amines is 1. The summed E-state index contributed by atoms with van der Waals surface area (Å²) in [6.07, 6.45) is 0. The van der Waals surface area contributed by atoms with E-state index in [0.717, 1.165) is 6.07 Å². The number of nitrogens with zero attached hydrogens (tertiary/aromatic N) is 1. The lowest BCUT2D eigenvalue weighted by Crippen LogP contribution is -2.23. The molecule has 0 saturated heterocycles. The van der Waals surface area contributed by atoms with Gasteiger partial charge in [0, 0.05) is 17.7 Å². The summed E-state index contributed by atoms with van der Waals surface area (Å²) in [7, 11) is 0. The molecule has 0 unspecified atom stereocenters. The number of aromatic nitrogens is 2. The van der Waals surface area contributed by atoms with Crippen LogP contribution in [0.25, 0.3) is 10.9 Å². The van der Waals surface area contributed by atoms with E-state index in [1.807, 2.05) is 6.07 Å². The van der Waals surface area contributed by atoms with Gasteiger partial charge in [-0.2, -0.15) is 0 Å². The number of hydrogen-bond donors (Lipinski definition) is 2. The van der Waals surface area contributed by atoms with E-state index in [1.54, 1.807) is 25.1 Å². The Hall–Kier alpha value is -2.60. The zero-order valence-corrected chi connectivity index (χ0v) is 12.4. The topological polar surface area (TPSA) is 57.8 Å². The van der Waals surface area contributed by atoms with Gasteiger partial charge in [-0.05, 0) is 25.1 Å². The van der Waals surface area contributed by atoms with E-state index in [-0.39, 0.29) is 18.1 Å². The van der Waals surface area contributed by atoms with E-state index >= 15 is 0 Å². The van der Waals surface area contributed by atoms with Crippen molar-refractivity contribution < 1.29 is 8.78 Å². The van der Waals surface area contributed by atoms with Crippen LogP contribution < -0.4 is 10.9 Å². The third-order valence-electron chi connectivity index (χ3n) is 3.67. The average Bonchev–Trinajstić information content (AvgIpc) is 2.53. The maximum absolute atomic E-state index is 13.7. The summed E-state index contributed by atoms with van der Waals surface area (Å²) in [5.74, 6) is -0.757. The van der Waals surface area contributed by atoms with Gasteiger partial charge in [0.15, 0.2) is 0 Å². The maximum Gasteiger partial charge on any atom is 0.258 e. The quantitative estimate of drug-likeness (QED) is 0.778. The molecule has 2 aromatic carbocycles. The average molecular weight is 315 g/mol. The molecule has 0 radical (unpaired) electrons. The Kier molecular flexibility index (Phi) is 4.16. The molecule has 0 saturated carbocycles. The Labute approximate surface area is 131 Å². The second-order valence-corrected chi connectivity index (χ2v) is 5.30. The molecule has 0 aliphatic carbocycles. The van der Waals surface area contributed by atoms with Gasteiger partial charge in [0.2, 0.25) is 0 Å². The first-order chi connectivity index (χ1) is 11.0.